The van der Waals surface area contributed by atoms with Crippen molar-refractivity contribution in [2.75, 3.05) is 17.7 Å². The van der Waals surface area contributed by atoms with E-state index in [-0.39, 0.29) is 10.6 Å². The standard InChI is InChI=1S/C14H16BrN3O2S/c1-18(9-10-5-7-11(15)8-6-10)12-3-2-4-13(14(12)16)21(17,19)20/h2-8H,9,16H2,1H3,(H2,17,19,20). The molecule has 0 aromatic heterocycles. The van der Waals surface area contributed by atoms with E-state index in [0.29, 0.717) is 12.2 Å². The van der Waals surface area contributed by atoms with Crippen LogP contribution in [0.3, 0.4) is 0 Å². The molecule has 2 aromatic carbocycles. The summed E-state index contributed by atoms with van der Waals surface area (Å²) in [5.41, 5.74) is 7.82. The van der Waals surface area contributed by atoms with Gasteiger partial charge in [-0.25, -0.2) is 13.6 Å². The summed E-state index contributed by atoms with van der Waals surface area (Å²) in [6.45, 7) is 0.603. The summed E-state index contributed by atoms with van der Waals surface area (Å²) >= 11 is 3.39. The van der Waals surface area contributed by atoms with Crippen molar-refractivity contribution in [3.05, 3.63) is 52.5 Å². The van der Waals surface area contributed by atoms with Gasteiger partial charge in [-0.15, -0.1) is 0 Å². The van der Waals surface area contributed by atoms with E-state index in [4.69, 9.17) is 10.9 Å². The van der Waals surface area contributed by atoms with Gasteiger partial charge in [-0.2, -0.15) is 0 Å². The second-order valence-electron chi connectivity index (χ2n) is 4.72. The highest BCUT2D eigenvalue weighted by Gasteiger charge is 2.16. The first-order valence-electron chi connectivity index (χ1n) is 6.16. The Bertz CT molecular complexity index is 745. The van der Waals surface area contributed by atoms with Crippen LogP contribution < -0.4 is 15.8 Å². The topological polar surface area (TPSA) is 89.4 Å². The average molecular weight is 370 g/mol. The molecule has 112 valence electrons. The molecule has 7 heteroatoms. The maximum absolute atomic E-state index is 11.5. The van der Waals surface area contributed by atoms with Crippen molar-refractivity contribution in [1.29, 1.82) is 0 Å². The highest BCUT2D eigenvalue weighted by atomic mass is 79.9. The van der Waals surface area contributed by atoms with E-state index >= 15 is 0 Å². The number of nitrogen functional groups attached to an aromatic ring is 1. The molecule has 0 amide bonds. The lowest BCUT2D eigenvalue weighted by Gasteiger charge is -2.22. The predicted octanol–water partition coefficient (Wildman–Crippen LogP) is 2.32. The number of benzene rings is 2. The third kappa shape index (κ3) is 3.75. The third-order valence-corrected chi connectivity index (χ3v) is 4.59. The number of nitrogens with zero attached hydrogens (tertiary/aromatic N) is 1. The molecule has 0 saturated carbocycles. The minimum atomic E-state index is -3.83. The largest absolute Gasteiger partial charge is 0.396 e. The lowest BCUT2D eigenvalue weighted by Crippen LogP contribution is -2.20. The Kier molecular flexibility index (Phi) is 4.55. The van der Waals surface area contributed by atoms with E-state index in [1.807, 2.05) is 36.2 Å². The SMILES string of the molecule is CN(Cc1ccc(Br)cc1)c1cccc(S(N)(=O)=O)c1N. The summed E-state index contributed by atoms with van der Waals surface area (Å²) in [6.07, 6.45) is 0. The van der Waals surface area contributed by atoms with Crippen LogP contribution in [0.5, 0.6) is 0 Å². The van der Waals surface area contributed by atoms with Crippen molar-refractivity contribution >= 4 is 37.3 Å². The molecule has 5 nitrogen and oxygen atoms in total. The van der Waals surface area contributed by atoms with E-state index in [1.54, 1.807) is 12.1 Å². The lowest BCUT2D eigenvalue weighted by atomic mass is 10.2. The highest BCUT2D eigenvalue weighted by Crippen LogP contribution is 2.29. The van der Waals surface area contributed by atoms with Crippen LogP contribution in [-0.4, -0.2) is 15.5 Å². The number of para-hydroxylation sites is 1. The van der Waals surface area contributed by atoms with Crippen LogP contribution in [0.1, 0.15) is 5.56 Å². The molecule has 0 fully saturated rings. The zero-order valence-corrected chi connectivity index (χ0v) is 13.9. The Morgan fingerprint density at radius 1 is 1.14 bits per heavy atom. The van der Waals surface area contributed by atoms with Gasteiger partial charge in [0.1, 0.15) is 4.90 Å². The molecule has 0 bridgehead atoms. The van der Waals surface area contributed by atoms with Crippen LogP contribution in [-0.2, 0) is 16.6 Å². The molecule has 0 atom stereocenters. The van der Waals surface area contributed by atoms with Crippen molar-refractivity contribution < 1.29 is 8.42 Å². The summed E-state index contributed by atoms with van der Waals surface area (Å²) in [5.74, 6) is 0. The molecule has 2 rings (SSSR count). The van der Waals surface area contributed by atoms with E-state index in [1.165, 1.54) is 6.07 Å². The summed E-state index contributed by atoms with van der Waals surface area (Å²) < 4.78 is 24.0. The van der Waals surface area contributed by atoms with Crippen LogP contribution in [0.4, 0.5) is 11.4 Å². The van der Waals surface area contributed by atoms with Gasteiger partial charge in [0.05, 0.1) is 11.4 Å². The lowest BCUT2D eigenvalue weighted by molar-refractivity contribution is 0.598. The molecule has 4 N–H and O–H groups in total. The third-order valence-electron chi connectivity index (χ3n) is 3.09. The predicted molar refractivity (Wildman–Crippen MR) is 88.5 cm³/mol. The van der Waals surface area contributed by atoms with E-state index in [9.17, 15) is 8.42 Å². The summed E-state index contributed by atoms with van der Waals surface area (Å²) in [5, 5.41) is 5.16. The number of anilines is 2. The van der Waals surface area contributed by atoms with Gasteiger partial charge in [0.15, 0.2) is 0 Å². The summed E-state index contributed by atoms with van der Waals surface area (Å²) in [6, 6.07) is 12.7. The van der Waals surface area contributed by atoms with Crippen LogP contribution in [0, 0.1) is 0 Å². The quantitative estimate of drug-likeness (QED) is 0.809. The van der Waals surface area contributed by atoms with Gasteiger partial charge in [-0.1, -0.05) is 34.1 Å². The van der Waals surface area contributed by atoms with E-state index in [0.717, 1.165) is 10.0 Å². The fourth-order valence-corrected chi connectivity index (χ4v) is 3.01. The molecule has 0 spiro atoms. The Hall–Kier alpha value is -1.57. The smallest absolute Gasteiger partial charge is 0.240 e. The molecule has 0 heterocycles. The second-order valence-corrected chi connectivity index (χ2v) is 7.16. The first kappa shape index (κ1) is 15.8. The number of halogens is 1. The Balaban J connectivity index is 2.31. The van der Waals surface area contributed by atoms with Crippen LogP contribution >= 0.6 is 15.9 Å². The molecule has 0 radical (unpaired) electrons. The van der Waals surface area contributed by atoms with Gasteiger partial charge in [-0.05, 0) is 29.8 Å². The molecule has 2 aromatic rings. The molecule has 0 aliphatic carbocycles. The van der Waals surface area contributed by atoms with Gasteiger partial charge in [0.25, 0.3) is 0 Å². The number of nitrogens with two attached hydrogens (primary N) is 2. The van der Waals surface area contributed by atoms with Crippen molar-refractivity contribution in [3.63, 3.8) is 0 Å². The minimum Gasteiger partial charge on any atom is -0.396 e. The summed E-state index contributed by atoms with van der Waals surface area (Å²) in [4.78, 5) is 1.83. The Morgan fingerprint density at radius 2 is 1.76 bits per heavy atom. The molecule has 0 aliphatic rings. The highest BCUT2D eigenvalue weighted by molar-refractivity contribution is 9.10. The van der Waals surface area contributed by atoms with Crippen LogP contribution in [0.25, 0.3) is 0 Å². The van der Waals surface area contributed by atoms with Crippen molar-refractivity contribution in [2.45, 2.75) is 11.4 Å². The zero-order chi connectivity index (χ0) is 15.6. The van der Waals surface area contributed by atoms with Gasteiger partial charge in [0.2, 0.25) is 10.0 Å². The first-order valence-corrected chi connectivity index (χ1v) is 8.50. The number of primary sulfonamides is 1. The van der Waals surface area contributed by atoms with E-state index in [2.05, 4.69) is 15.9 Å². The Morgan fingerprint density at radius 3 is 2.33 bits per heavy atom. The fraction of sp³-hybridized carbons (Fsp3) is 0.143. The van der Waals surface area contributed by atoms with Gasteiger partial charge < -0.3 is 10.6 Å². The Labute approximate surface area is 132 Å². The summed E-state index contributed by atoms with van der Waals surface area (Å²) in [7, 11) is -1.98. The molecular weight excluding hydrogens is 354 g/mol. The normalized spacial score (nSPS) is 11.4. The number of hydrogen-bond acceptors (Lipinski definition) is 4. The molecule has 21 heavy (non-hydrogen) atoms. The maximum atomic E-state index is 11.5. The van der Waals surface area contributed by atoms with Crippen LogP contribution in [0.2, 0.25) is 0 Å². The molecule has 0 saturated heterocycles. The minimum absolute atomic E-state index is 0.0531. The second kappa shape index (κ2) is 6.05. The van der Waals surface area contributed by atoms with Crippen LogP contribution in [0.15, 0.2) is 51.8 Å². The van der Waals surface area contributed by atoms with Crippen molar-refractivity contribution in [2.24, 2.45) is 5.14 Å². The first-order chi connectivity index (χ1) is 9.79. The number of sulfonamides is 1. The van der Waals surface area contributed by atoms with Crippen molar-refractivity contribution in [1.82, 2.24) is 0 Å². The monoisotopic (exact) mass is 369 g/mol. The van der Waals surface area contributed by atoms with Gasteiger partial charge >= 0.3 is 0 Å². The van der Waals surface area contributed by atoms with Crippen molar-refractivity contribution in [3.8, 4) is 0 Å². The molecule has 0 aliphatic heterocycles. The number of hydrogen-bond donors (Lipinski definition) is 2. The fourth-order valence-electron chi connectivity index (χ4n) is 2.06. The zero-order valence-electron chi connectivity index (χ0n) is 11.5. The van der Waals surface area contributed by atoms with E-state index < -0.39 is 10.0 Å². The molecular formula is C14H16BrN3O2S. The molecule has 0 unspecified atom stereocenters. The van der Waals surface area contributed by atoms with Gasteiger partial charge in [-0.3, -0.25) is 0 Å². The maximum Gasteiger partial charge on any atom is 0.240 e. The average Bonchev–Trinajstić information content (AvgIpc) is 2.40. The number of rotatable bonds is 4. The van der Waals surface area contributed by atoms with Gasteiger partial charge in [0, 0.05) is 18.1 Å².